The van der Waals surface area contributed by atoms with E-state index in [2.05, 4.69) is 15.3 Å². The zero-order valence-corrected chi connectivity index (χ0v) is 23.2. The first-order valence-corrected chi connectivity index (χ1v) is 14.3. The van der Waals surface area contributed by atoms with Gasteiger partial charge in [-0.05, 0) is 60.7 Å². The van der Waals surface area contributed by atoms with Crippen LogP contribution < -0.4 is 11.1 Å². The average Bonchev–Trinajstić information content (AvgIpc) is 3.38. The molecule has 4 rings (SSSR count). The van der Waals surface area contributed by atoms with Crippen LogP contribution in [0.25, 0.3) is 11.0 Å². The number of aliphatic hydroxyl groups is 1. The fourth-order valence-electron chi connectivity index (χ4n) is 4.54. The number of sulfonamides is 1. The van der Waals surface area contributed by atoms with E-state index in [1.54, 1.807) is 37.3 Å². The van der Waals surface area contributed by atoms with Crippen molar-refractivity contribution in [3.63, 3.8) is 0 Å². The largest absolute Gasteiger partial charge is 0.398 e. The predicted octanol–water partition coefficient (Wildman–Crippen LogP) is 3.50. The molecule has 4 aromatic rings. The Morgan fingerprint density at radius 2 is 1.82 bits per heavy atom. The predicted molar refractivity (Wildman–Crippen MR) is 153 cm³/mol. The third-order valence-electron chi connectivity index (χ3n) is 6.69. The number of benzene rings is 3. The maximum Gasteiger partial charge on any atom is 0.251 e. The number of imidazole rings is 1. The van der Waals surface area contributed by atoms with Crippen molar-refractivity contribution in [1.82, 2.24) is 19.6 Å². The number of hydrogen-bond acceptors (Lipinski definition) is 6. The Morgan fingerprint density at radius 1 is 1.08 bits per heavy atom. The molecule has 5 N–H and O–H groups in total. The summed E-state index contributed by atoms with van der Waals surface area (Å²) in [6.07, 6.45) is 0.625. The number of nitrogens with zero attached hydrogens (tertiary/aromatic N) is 2. The average molecular weight is 550 g/mol. The van der Waals surface area contributed by atoms with E-state index in [1.807, 2.05) is 44.2 Å². The number of amides is 1. The minimum Gasteiger partial charge on any atom is -0.398 e. The first-order chi connectivity index (χ1) is 18.6. The molecule has 0 radical (unpaired) electrons. The number of nitrogens with two attached hydrogens (primary N) is 1. The zero-order chi connectivity index (χ0) is 28.2. The van der Waals surface area contributed by atoms with Crippen molar-refractivity contribution in [2.45, 2.75) is 44.2 Å². The van der Waals surface area contributed by atoms with Gasteiger partial charge in [-0.3, -0.25) is 4.79 Å². The Labute approximate surface area is 229 Å². The van der Waals surface area contributed by atoms with Crippen molar-refractivity contribution < 1.29 is 18.3 Å². The summed E-state index contributed by atoms with van der Waals surface area (Å²) in [4.78, 5) is 20.5. The SMILES string of the molecule is Cc1c(N)cccc1C(=O)N[C@@H](Cc1ccccc1)[C@H](O)CN(CC(C)C)S(=O)(=O)c1ccc2nc[nH]c2c1. The van der Waals surface area contributed by atoms with Gasteiger partial charge in [-0.2, -0.15) is 4.31 Å². The second kappa shape index (κ2) is 12.0. The van der Waals surface area contributed by atoms with Crippen LogP contribution in [0.4, 0.5) is 5.69 Å². The highest BCUT2D eigenvalue weighted by atomic mass is 32.2. The van der Waals surface area contributed by atoms with Gasteiger partial charge in [0, 0.05) is 24.3 Å². The van der Waals surface area contributed by atoms with Gasteiger partial charge < -0.3 is 21.1 Å². The third-order valence-corrected chi connectivity index (χ3v) is 8.52. The van der Waals surface area contributed by atoms with Crippen LogP contribution in [0, 0.1) is 12.8 Å². The number of nitrogen functional groups attached to an aromatic ring is 1. The number of hydrogen-bond donors (Lipinski definition) is 4. The molecule has 0 saturated carbocycles. The van der Waals surface area contributed by atoms with Gasteiger partial charge in [0.2, 0.25) is 10.0 Å². The molecule has 0 fully saturated rings. The normalized spacial score (nSPS) is 13.6. The number of aromatic amines is 1. The number of nitrogens with one attached hydrogen (secondary N) is 2. The molecule has 0 aliphatic carbocycles. The second-order valence-electron chi connectivity index (χ2n) is 10.2. The lowest BCUT2D eigenvalue weighted by Crippen LogP contribution is -2.51. The van der Waals surface area contributed by atoms with Gasteiger partial charge in [0.05, 0.1) is 34.4 Å². The van der Waals surface area contributed by atoms with Gasteiger partial charge >= 0.3 is 0 Å². The molecular weight excluding hydrogens is 514 g/mol. The summed E-state index contributed by atoms with van der Waals surface area (Å²) in [6, 6.07) is 18.5. The van der Waals surface area contributed by atoms with Crippen LogP contribution in [0.2, 0.25) is 0 Å². The Kier molecular flexibility index (Phi) is 8.69. The molecule has 10 heteroatoms. The van der Waals surface area contributed by atoms with E-state index in [4.69, 9.17) is 5.73 Å². The molecule has 3 aromatic carbocycles. The summed E-state index contributed by atoms with van der Waals surface area (Å²) in [5, 5.41) is 14.4. The second-order valence-corrected chi connectivity index (χ2v) is 12.1. The minimum absolute atomic E-state index is 0.0000291. The lowest BCUT2D eigenvalue weighted by Gasteiger charge is -2.31. The molecule has 2 atom stereocenters. The first kappa shape index (κ1) is 28.3. The molecule has 39 heavy (non-hydrogen) atoms. The molecule has 0 unspecified atom stereocenters. The van der Waals surface area contributed by atoms with Gasteiger partial charge in [0.1, 0.15) is 0 Å². The Balaban J connectivity index is 1.63. The van der Waals surface area contributed by atoms with E-state index in [-0.39, 0.29) is 29.8 Å². The summed E-state index contributed by atoms with van der Waals surface area (Å²) in [5.41, 5.74) is 9.70. The number of H-pyrrole nitrogens is 1. The fraction of sp³-hybridized carbons (Fsp3) is 0.310. The molecule has 1 heterocycles. The summed E-state index contributed by atoms with van der Waals surface area (Å²) >= 11 is 0. The van der Waals surface area contributed by atoms with Crippen molar-refractivity contribution in [2.75, 3.05) is 18.8 Å². The van der Waals surface area contributed by atoms with Crippen molar-refractivity contribution >= 4 is 32.7 Å². The topological polar surface area (TPSA) is 141 Å². The third kappa shape index (κ3) is 6.65. The Bertz CT molecular complexity index is 1540. The van der Waals surface area contributed by atoms with Crippen LogP contribution in [-0.4, -0.2) is 58.9 Å². The van der Waals surface area contributed by atoms with E-state index in [9.17, 15) is 18.3 Å². The molecule has 9 nitrogen and oxygen atoms in total. The molecular formula is C29H35N5O4S. The highest BCUT2D eigenvalue weighted by Gasteiger charge is 2.32. The monoisotopic (exact) mass is 549 g/mol. The molecule has 0 aliphatic heterocycles. The van der Waals surface area contributed by atoms with Crippen molar-refractivity contribution in [1.29, 1.82) is 0 Å². The number of aliphatic hydroxyl groups excluding tert-OH is 1. The van der Waals surface area contributed by atoms with E-state index < -0.39 is 22.2 Å². The molecule has 0 bridgehead atoms. The molecule has 206 valence electrons. The van der Waals surface area contributed by atoms with Crippen LogP contribution in [0.15, 0.2) is 78.0 Å². The maximum atomic E-state index is 13.8. The summed E-state index contributed by atoms with van der Waals surface area (Å²) < 4.78 is 28.8. The van der Waals surface area contributed by atoms with Gasteiger partial charge in [-0.1, -0.05) is 50.2 Å². The lowest BCUT2D eigenvalue weighted by molar-refractivity contribution is 0.0775. The van der Waals surface area contributed by atoms with Crippen molar-refractivity contribution in [3.05, 3.63) is 89.7 Å². The molecule has 0 saturated heterocycles. The van der Waals surface area contributed by atoms with Crippen molar-refractivity contribution in [3.8, 4) is 0 Å². The highest BCUT2D eigenvalue weighted by molar-refractivity contribution is 7.89. The van der Waals surface area contributed by atoms with Gasteiger partial charge in [-0.15, -0.1) is 0 Å². The van der Waals surface area contributed by atoms with E-state index in [0.29, 0.717) is 34.3 Å². The van der Waals surface area contributed by atoms with E-state index in [1.165, 1.54) is 16.7 Å². The molecule has 1 aromatic heterocycles. The van der Waals surface area contributed by atoms with Gasteiger partial charge in [-0.25, -0.2) is 13.4 Å². The molecule has 0 aliphatic rings. The zero-order valence-electron chi connectivity index (χ0n) is 22.3. The number of rotatable bonds is 11. The standard InChI is InChI=1S/C29H35N5O4S/c1-19(2)16-34(39(37,38)22-12-13-25-26(15-22)32-18-31-25)17-28(35)27(14-21-8-5-4-6-9-21)33-29(36)23-10-7-11-24(30)20(23)3/h4-13,15,18-19,27-28,35H,14,16-17,30H2,1-3H3,(H,31,32)(H,33,36)/t27-,28+/m0/s1. The Hall–Kier alpha value is -3.73. The van der Waals surface area contributed by atoms with Crippen LogP contribution in [0.1, 0.15) is 35.3 Å². The number of carbonyl (C=O) groups is 1. The van der Waals surface area contributed by atoms with Crippen LogP contribution in [0.3, 0.4) is 0 Å². The van der Waals surface area contributed by atoms with Crippen LogP contribution >= 0.6 is 0 Å². The van der Waals surface area contributed by atoms with E-state index in [0.717, 1.165) is 5.56 Å². The number of aromatic nitrogens is 2. The lowest BCUT2D eigenvalue weighted by atomic mass is 9.99. The van der Waals surface area contributed by atoms with Gasteiger partial charge in [0.15, 0.2) is 0 Å². The highest BCUT2D eigenvalue weighted by Crippen LogP contribution is 2.23. The maximum absolute atomic E-state index is 13.8. The number of carbonyl (C=O) groups excluding carboxylic acids is 1. The summed E-state index contributed by atoms with van der Waals surface area (Å²) in [5.74, 6) is -0.386. The quantitative estimate of drug-likeness (QED) is 0.211. The number of fused-ring (bicyclic) bond motifs is 1. The minimum atomic E-state index is -3.96. The summed E-state index contributed by atoms with van der Waals surface area (Å²) in [6.45, 7) is 5.59. The van der Waals surface area contributed by atoms with Crippen molar-refractivity contribution in [2.24, 2.45) is 5.92 Å². The fourth-order valence-corrected chi connectivity index (χ4v) is 6.18. The van der Waals surface area contributed by atoms with Crippen LogP contribution in [-0.2, 0) is 16.4 Å². The summed E-state index contributed by atoms with van der Waals surface area (Å²) in [7, 11) is -3.96. The number of anilines is 1. The smallest absolute Gasteiger partial charge is 0.251 e. The van der Waals surface area contributed by atoms with Gasteiger partial charge in [0.25, 0.3) is 5.91 Å². The first-order valence-electron chi connectivity index (χ1n) is 12.9. The van der Waals surface area contributed by atoms with Crippen LogP contribution in [0.5, 0.6) is 0 Å². The van der Waals surface area contributed by atoms with E-state index >= 15 is 0 Å². The molecule has 0 spiro atoms. The Morgan fingerprint density at radius 3 is 2.54 bits per heavy atom. The molecule has 1 amide bonds.